The molecule has 1 fully saturated rings. The van der Waals surface area contributed by atoms with E-state index in [0.29, 0.717) is 23.8 Å². The Bertz CT molecular complexity index is 453. The van der Waals surface area contributed by atoms with Crippen LogP contribution in [0, 0.1) is 11.7 Å². The first kappa shape index (κ1) is 14.1. The predicted octanol–water partition coefficient (Wildman–Crippen LogP) is 1.79. The zero-order valence-corrected chi connectivity index (χ0v) is 11.6. The molecule has 0 aromatic heterocycles. The second kappa shape index (κ2) is 5.75. The van der Waals surface area contributed by atoms with E-state index >= 15 is 0 Å². The molecule has 1 aliphatic heterocycles. The van der Waals surface area contributed by atoms with Crippen molar-refractivity contribution in [2.24, 2.45) is 11.7 Å². The summed E-state index contributed by atoms with van der Waals surface area (Å²) in [5.74, 6) is 0.670. The molecule has 1 heterocycles. The molecule has 1 aromatic carbocycles. The number of halogens is 1. The van der Waals surface area contributed by atoms with Crippen molar-refractivity contribution in [3.05, 3.63) is 23.5 Å². The molecule has 0 aliphatic carbocycles. The van der Waals surface area contributed by atoms with Crippen molar-refractivity contribution in [2.45, 2.75) is 12.5 Å². The smallest absolute Gasteiger partial charge is 0.197 e. The van der Waals surface area contributed by atoms with Crippen molar-refractivity contribution < 1.29 is 13.9 Å². The first-order valence-electron chi connectivity index (χ1n) is 6.43. The minimum atomic E-state index is -0.337. The Hall–Kier alpha value is -1.33. The van der Waals surface area contributed by atoms with Crippen LogP contribution < -0.4 is 15.2 Å². The summed E-state index contributed by atoms with van der Waals surface area (Å²) in [6.07, 6.45) is 0.874. The van der Waals surface area contributed by atoms with Gasteiger partial charge in [0.1, 0.15) is 0 Å². The van der Waals surface area contributed by atoms with Gasteiger partial charge in [0, 0.05) is 18.2 Å². The first-order chi connectivity index (χ1) is 9.12. The van der Waals surface area contributed by atoms with E-state index in [0.717, 1.165) is 13.0 Å². The summed E-state index contributed by atoms with van der Waals surface area (Å²) in [5, 5.41) is 0. The molecule has 2 N–H and O–H groups in total. The zero-order chi connectivity index (χ0) is 14.0. The third kappa shape index (κ3) is 2.53. The molecule has 4 nitrogen and oxygen atoms in total. The number of ether oxygens (including phenoxy) is 2. The summed E-state index contributed by atoms with van der Waals surface area (Å²) in [7, 11) is 4.95. The van der Waals surface area contributed by atoms with E-state index in [1.165, 1.54) is 14.2 Å². The van der Waals surface area contributed by atoms with E-state index < -0.39 is 0 Å². The SMILES string of the molecule is COc1ccc(C2CC(CN)CN2C)c(F)c1OC. The molecule has 0 amide bonds. The summed E-state index contributed by atoms with van der Waals surface area (Å²) in [4.78, 5) is 2.14. The van der Waals surface area contributed by atoms with Crippen LogP contribution in [0.2, 0.25) is 0 Å². The monoisotopic (exact) mass is 268 g/mol. The highest BCUT2D eigenvalue weighted by Gasteiger charge is 2.32. The summed E-state index contributed by atoms with van der Waals surface area (Å²) < 4.78 is 24.7. The van der Waals surface area contributed by atoms with Gasteiger partial charge in [0.2, 0.25) is 0 Å². The lowest BCUT2D eigenvalue weighted by Crippen LogP contribution is -2.21. The molecule has 0 radical (unpaired) electrons. The van der Waals surface area contributed by atoms with Crippen molar-refractivity contribution in [3.63, 3.8) is 0 Å². The van der Waals surface area contributed by atoms with E-state index in [1.807, 2.05) is 7.05 Å². The van der Waals surface area contributed by atoms with Gasteiger partial charge in [-0.25, -0.2) is 4.39 Å². The van der Waals surface area contributed by atoms with E-state index in [9.17, 15) is 4.39 Å². The van der Waals surface area contributed by atoms with Crippen molar-refractivity contribution >= 4 is 0 Å². The molecule has 2 atom stereocenters. The van der Waals surface area contributed by atoms with Crippen molar-refractivity contribution in [1.29, 1.82) is 0 Å². The largest absolute Gasteiger partial charge is 0.493 e. The lowest BCUT2D eigenvalue weighted by Gasteiger charge is -2.21. The average molecular weight is 268 g/mol. The molecule has 1 aromatic rings. The second-order valence-corrected chi connectivity index (χ2v) is 5.00. The molecule has 19 heavy (non-hydrogen) atoms. The molecule has 0 spiro atoms. The number of hydrogen-bond donors (Lipinski definition) is 1. The van der Waals surface area contributed by atoms with Crippen molar-refractivity contribution in [3.8, 4) is 11.5 Å². The van der Waals surface area contributed by atoms with Gasteiger partial charge in [0.15, 0.2) is 17.3 Å². The number of hydrogen-bond acceptors (Lipinski definition) is 4. The van der Waals surface area contributed by atoms with Gasteiger partial charge in [0.05, 0.1) is 14.2 Å². The highest BCUT2D eigenvalue weighted by Crippen LogP contribution is 2.40. The molecular weight excluding hydrogens is 247 g/mol. The molecule has 5 heteroatoms. The van der Waals surface area contributed by atoms with Crippen LogP contribution in [-0.2, 0) is 0 Å². The maximum Gasteiger partial charge on any atom is 0.197 e. The van der Waals surface area contributed by atoms with Crippen LogP contribution in [0.5, 0.6) is 11.5 Å². The van der Waals surface area contributed by atoms with Gasteiger partial charge in [0.25, 0.3) is 0 Å². The normalized spacial score (nSPS) is 23.6. The van der Waals surface area contributed by atoms with E-state index in [2.05, 4.69) is 4.90 Å². The topological polar surface area (TPSA) is 47.7 Å². The van der Waals surface area contributed by atoms with Gasteiger partial charge in [-0.1, -0.05) is 6.07 Å². The number of rotatable bonds is 4. The number of benzene rings is 1. The maximum atomic E-state index is 14.5. The molecule has 0 bridgehead atoms. The number of nitrogens with zero attached hydrogens (tertiary/aromatic N) is 1. The average Bonchev–Trinajstić information content (AvgIpc) is 2.79. The molecular formula is C14H21FN2O2. The first-order valence-corrected chi connectivity index (χ1v) is 6.43. The van der Waals surface area contributed by atoms with Gasteiger partial charge in [-0.2, -0.15) is 0 Å². The third-order valence-corrected chi connectivity index (χ3v) is 3.84. The standard InChI is InChI=1S/C14H21FN2O2/c1-17-8-9(7-16)6-11(17)10-4-5-12(18-2)14(19-3)13(10)15/h4-5,9,11H,6-8,16H2,1-3H3. The van der Waals surface area contributed by atoms with Gasteiger partial charge in [-0.3, -0.25) is 4.90 Å². The van der Waals surface area contributed by atoms with Crippen LogP contribution in [0.4, 0.5) is 4.39 Å². The van der Waals surface area contributed by atoms with Crippen LogP contribution in [0.15, 0.2) is 12.1 Å². The fourth-order valence-electron chi connectivity index (χ4n) is 2.80. The van der Waals surface area contributed by atoms with Gasteiger partial charge < -0.3 is 15.2 Å². The minimum absolute atomic E-state index is 0.0494. The maximum absolute atomic E-state index is 14.5. The Labute approximate surface area is 113 Å². The quantitative estimate of drug-likeness (QED) is 0.904. The Balaban J connectivity index is 2.35. The highest BCUT2D eigenvalue weighted by atomic mass is 19.1. The Morgan fingerprint density at radius 1 is 1.37 bits per heavy atom. The highest BCUT2D eigenvalue weighted by molar-refractivity contribution is 5.45. The van der Waals surface area contributed by atoms with Crippen LogP contribution >= 0.6 is 0 Å². The van der Waals surface area contributed by atoms with Crippen LogP contribution in [0.1, 0.15) is 18.0 Å². The van der Waals surface area contributed by atoms with Gasteiger partial charge in [-0.15, -0.1) is 0 Å². The van der Waals surface area contributed by atoms with E-state index in [-0.39, 0.29) is 17.6 Å². The zero-order valence-electron chi connectivity index (χ0n) is 11.6. The third-order valence-electron chi connectivity index (χ3n) is 3.84. The lowest BCUT2D eigenvalue weighted by atomic mass is 9.99. The predicted molar refractivity (Wildman–Crippen MR) is 72.0 cm³/mol. The molecule has 106 valence electrons. The molecule has 1 saturated heterocycles. The van der Waals surface area contributed by atoms with E-state index in [4.69, 9.17) is 15.2 Å². The van der Waals surface area contributed by atoms with E-state index in [1.54, 1.807) is 12.1 Å². The van der Waals surface area contributed by atoms with Crippen LogP contribution in [-0.4, -0.2) is 39.3 Å². The van der Waals surface area contributed by atoms with Crippen LogP contribution in [0.25, 0.3) is 0 Å². The Kier molecular flexibility index (Phi) is 4.27. The fourth-order valence-corrected chi connectivity index (χ4v) is 2.80. The summed E-state index contributed by atoms with van der Waals surface area (Å²) in [6, 6.07) is 3.57. The summed E-state index contributed by atoms with van der Waals surface area (Å²) >= 11 is 0. The minimum Gasteiger partial charge on any atom is -0.493 e. The summed E-state index contributed by atoms with van der Waals surface area (Å²) in [6.45, 7) is 1.53. The molecule has 0 saturated carbocycles. The second-order valence-electron chi connectivity index (χ2n) is 5.00. The molecule has 1 aliphatic rings. The number of methoxy groups -OCH3 is 2. The number of likely N-dealkylation sites (tertiary alicyclic amines) is 1. The van der Waals surface area contributed by atoms with Crippen LogP contribution in [0.3, 0.4) is 0 Å². The summed E-state index contributed by atoms with van der Waals surface area (Å²) in [5.41, 5.74) is 6.36. The molecule has 2 unspecified atom stereocenters. The van der Waals surface area contributed by atoms with Crippen molar-refractivity contribution in [1.82, 2.24) is 4.90 Å². The number of nitrogens with two attached hydrogens (primary N) is 1. The Morgan fingerprint density at radius 2 is 2.11 bits per heavy atom. The lowest BCUT2D eigenvalue weighted by molar-refractivity contribution is 0.296. The Morgan fingerprint density at radius 3 is 2.63 bits per heavy atom. The molecule has 2 rings (SSSR count). The van der Waals surface area contributed by atoms with Crippen molar-refractivity contribution in [2.75, 3.05) is 34.4 Å². The van der Waals surface area contributed by atoms with Gasteiger partial charge >= 0.3 is 0 Å². The van der Waals surface area contributed by atoms with Gasteiger partial charge in [-0.05, 0) is 32.0 Å². The fraction of sp³-hybridized carbons (Fsp3) is 0.571.